The van der Waals surface area contributed by atoms with Gasteiger partial charge in [-0.3, -0.25) is 9.89 Å². The molecule has 0 saturated carbocycles. The summed E-state index contributed by atoms with van der Waals surface area (Å²) >= 11 is 0. The Labute approximate surface area is 185 Å². The topological polar surface area (TPSA) is 40.1 Å². The van der Waals surface area contributed by atoms with Crippen molar-refractivity contribution in [3.05, 3.63) is 48.0 Å². The van der Waals surface area contributed by atoms with Crippen LogP contribution in [0, 0.1) is 0 Å². The molecule has 0 radical (unpaired) electrons. The van der Waals surface area contributed by atoms with Crippen molar-refractivity contribution in [2.45, 2.75) is 18.9 Å². The molecule has 0 aromatic heterocycles. The quantitative estimate of drug-likeness (QED) is 0.403. The van der Waals surface area contributed by atoms with Gasteiger partial charge in [0, 0.05) is 45.8 Å². The lowest BCUT2D eigenvalue weighted by Crippen LogP contribution is -2.46. The molecular formula is C22H31IN4O. The van der Waals surface area contributed by atoms with E-state index in [0.29, 0.717) is 6.04 Å². The maximum atomic E-state index is 5.49. The molecule has 0 spiro atoms. The van der Waals surface area contributed by atoms with E-state index in [4.69, 9.17) is 4.74 Å². The number of likely N-dealkylation sites (tertiary alicyclic amines) is 1. The molecule has 2 aromatic carbocycles. The Morgan fingerprint density at radius 2 is 1.89 bits per heavy atom. The second-order valence-corrected chi connectivity index (χ2v) is 7.44. The molecule has 0 bridgehead atoms. The number of morpholine rings is 1. The smallest absolute Gasteiger partial charge is 0.193 e. The SMILES string of the molecule is CN=C(NCCc1ccc2ccccc2c1)N1CCC(N2CCOCC2)C1.I. The monoisotopic (exact) mass is 494 g/mol. The average Bonchev–Trinajstić information content (AvgIpc) is 3.22. The molecule has 2 aliphatic heterocycles. The fourth-order valence-electron chi connectivity index (χ4n) is 4.22. The highest BCUT2D eigenvalue weighted by molar-refractivity contribution is 14.0. The highest BCUT2D eigenvalue weighted by Gasteiger charge is 2.30. The zero-order valence-corrected chi connectivity index (χ0v) is 19.0. The van der Waals surface area contributed by atoms with E-state index in [1.54, 1.807) is 0 Å². The van der Waals surface area contributed by atoms with E-state index in [1.165, 1.54) is 22.8 Å². The van der Waals surface area contributed by atoms with Crippen LogP contribution in [0.25, 0.3) is 10.8 Å². The molecule has 6 heteroatoms. The molecule has 2 aliphatic rings. The van der Waals surface area contributed by atoms with Crippen LogP contribution in [-0.4, -0.2) is 74.8 Å². The van der Waals surface area contributed by atoms with E-state index in [2.05, 4.69) is 62.6 Å². The number of ether oxygens (including phenoxy) is 1. The van der Waals surface area contributed by atoms with Gasteiger partial charge in [0.25, 0.3) is 0 Å². The van der Waals surface area contributed by atoms with Crippen molar-refractivity contribution in [2.24, 2.45) is 4.99 Å². The number of halogens is 1. The van der Waals surface area contributed by atoms with Crippen molar-refractivity contribution in [1.82, 2.24) is 15.1 Å². The number of rotatable bonds is 4. The van der Waals surface area contributed by atoms with Crippen LogP contribution in [0.3, 0.4) is 0 Å². The minimum atomic E-state index is 0. The largest absolute Gasteiger partial charge is 0.379 e. The van der Waals surface area contributed by atoms with Gasteiger partial charge in [0.2, 0.25) is 0 Å². The van der Waals surface area contributed by atoms with Gasteiger partial charge in [-0.25, -0.2) is 0 Å². The van der Waals surface area contributed by atoms with E-state index < -0.39 is 0 Å². The van der Waals surface area contributed by atoms with Crippen molar-refractivity contribution in [1.29, 1.82) is 0 Å². The molecule has 1 unspecified atom stereocenters. The van der Waals surface area contributed by atoms with Gasteiger partial charge in [0.15, 0.2) is 5.96 Å². The lowest BCUT2D eigenvalue weighted by Gasteiger charge is -2.32. The lowest BCUT2D eigenvalue weighted by molar-refractivity contribution is 0.0195. The number of nitrogens with zero attached hydrogens (tertiary/aromatic N) is 3. The third-order valence-electron chi connectivity index (χ3n) is 5.75. The van der Waals surface area contributed by atoms with Crippen LogP contribution in [0.1, 0.15) is 12.0 Å². The summed E-state index contributed by atoms with van der Waals surface area (Å²) in [5.74, 6) is 1.03. The number of fused-ring (bicyclic) bond motifs is 1. The van der Waals surface area contributed by atoms with Gasteiger partial charge >= 0.3 is 0 Å². The molecule has 2 aromatic rings. The summed E-state index contributed by atoms with van der Waals surface area (Å²) in [7, 11) is 1.89. The number of benzene rings is 2. The zero-order chi connectivity index (χ0) is 18.5. The maximum absolute atomic E-state index is 5.49. The second-order valence-electron chi connectivity index (χ2n) is 7.44. The van der Waals surface area contributed by atoms with Crippen molar-refractivity contribution in [3.63, 3.8) is 0 Å². The highest BCUT2D eigenvalue weighted by Crippen LogP contribution is 2.18. The molecule has 5 nitrogen and oxygen atoms in total. The van der Waals surface area contributed by atoms with E-state index >= 15 is 0 Å². The van der Waals surface area contributed by atoms with Crippen LogP contribution < -0.4 is 5.32 Å². The number of hydrogen-bond acceptors (Lipinski definition) is 3. The summed E-state index contributed by atoms with van der Waals surface area (Å²) in [5, 5.41) is 6.18. The van der Waals surface area contributed by atoms with Crippen molar-refractivity contribution >= 4 is 40.7 Å². The Morgan fingerprint density at radius 1 is 1.11 bits per heavy atom. The zero-order valence-electron chi connectivity index (χ0n) is 16.6. The standard InChI is InChI=1S/C22H30N4O.HI/c1-23-22(26-11-9-21(17-26)25-12-14-27-15-13-25)24-10-8-18-6-7-19-4-2-3-5-20(19)16-18;/h2-7,16,21H,8-15,17H2,1H3,(H,23,24);1H. The van der Waals surface area contributed by atoms with Crippen LogP contribution in [0.15, 0.2) is 47.5 Å². The Bertz CT molecular complexity index is 791. The van der Waals surface area contributed by atoms with Crippen molar-refractivity contribution < 1.29 is 4.74 Å². The molecule has 2 fully saturated rings. The summed E-state index contributed by atoms with van der Waals surface area (Å²) in [4.78, 5) is 9.50. The van der Waals surface area contributed by atoms with E-state index in [1.807, 2.05) is 7.05 Å². The first-order chi connectivity index (χ1) is 13.3. The fraction of sp³-hybridized carbons (Fsp3) is 0.500. The number of guanidine groups is 1. The lowest BCUT2D eigenvalue weighted by atomic mass is 10.1. The summed E-state index contributed by atoms with van der Waals surface area (Å²) in [6.45, 7) is 6.92. The first-order valence-corrected chi connectivity index (χ1v) is 10.1. The average molecular weight is 494 g/mol. The van der Waals surface area contributed by atoms with Crippen LogP contribution in [0.5, 0.6) is 0 Å². The second kappa shape index (κ2) is 10.4. The van der Waals surface area contributed by atoms with Gasteiger partial charge in [-0.05, 0) is 29.2 Å². The number of nitrogens with one attached hydrogen (secondary N) is 1. The van der Waals surface area contributed by atoms with Crippen LogP contribution >= 0.6 is 24.0 Å². The Morgan fingerprint density at radius 3 is 2.68 bits per heavy atom. The minimum absolute atomic E-state index is 0. The number of aliphatic imine (C=N–C) groups is 1. The van der Waals surface area contributed by atoms with Crippen LogP contribution in [0.2, 0.25) is 0 Å². The molecule has 4 rings (SSSR count). The van der Waals surface area contributed by atoms with Gasteiger partial charge < -0.3 is 15.0 Å². The third kappa shape index (κ3) is 5.15. The van der Waals surface area contributed by atoms with Gasteiger partial charge in [-0.15, -0.1) is 24.0 Å². The molecule has 152 valence electrons. The normalized spacial score (nSPS) is 21.0. The molecule has 2 saturated heterocycles. The van der Waals surface area contributed by atoms with Crippen LogP contribution in [0.4, 0.5) is 0 Å². The minimum Gasteiger partial charge on any atom is -0.379 e. The van der Waals surface area contributed by atoms with Crippen LogP contribution in [-0.2, 0) is 11.2 Å². The first-order valence-electron chi connectivity index (χ1n) is 10.1. The molecule has 1 atom stereocenters. The van der Waals surface area contributed by atoms with E-state index in [9.17, 15) is 0 Å². The molecule has 0 aliphatic carbocycles. The van der Waals surface area contributed by atoms with E-state index in [-0.39, 0.29) is 24.0 Å². The molecular weight excluding hydrogens is 463 g/mol. The Balaban J connectivity index is 0.00000225. The summed E-state index contributed by atoms with van der Waals surface area (Å²) < 4.78 is 5.49. The Kier molecular flexibility index (Phi) is 7.93. The fourth-order valence-corrected chi connectivity index (χ4v) is 4.22. The summed E-state index contributed by atoms with van der Waals surface area (Å²) in [6.07, 6.45) is 2.22. The number of hydrogen-bond donors (Lipinski definition) is 1. The van der Waals surface area contributed by atoms with Gasteiger partial charge in [-0.2, -0.15) is 0 Å². The predicted octanol–water partition coefficient (Wildman–Crippen LogP) is 2.98. The molecule has 1 N–H and O–H groups in total. The molecule has 28 heavy (non-hydrogen) atoms. The highest BCUT2D eigenvalue weighted by atomic mass is 127. The summed E-state index contributed by atoms with van der Waals surface area (Å²) in [6, 6.07) is 15.9. The van der Waals surface area contributed by atoms with Gasteiger partial charge in [-0.1, -0.05) is 42.5 Å². The Hall–Kier alpha value is -1.38. The van der Waals surface area contributed by atoms with Gasteiger partial charge in [0.1, 0.15) is 0 Å². The first kappa shape index (κ1) is 21.3. The van der Waals surface area contributed by atoms with E-state index in [0.717, 1.165) is 58.3 Å². The van der Waals surface area contributed by atoms with Crippen molar-refractivity contribution in [2.75, 3.05) is 53.0 Å². The van der Waals surface area contributed by atoms with Gasteiger partial charge in [0.05, 0.1) is 13.2 Å². The molecule has 2 heterocycles. The predicted molar refractivity (Wildman–Crippen MR) is 127 cm³/mol. The third-order valence-corrected chi connectivity index (χ3v) is 5.75. The molecule has 0 amide bonds. The maximum Gasteiger partial charge on any atom is 0.193 e. The van der Waals surface area contributed by atoms with Crippen molar-refractivity contribution in [3.8, 4) is 0 Å². The summed E-state index contributed by atoms with van der Waals surface area (Å²) in [5.41, 5.74) is 1.37.